The Bertz CT molecular complexity index is 1060. The van der Waals surface area contributed by atoms with Gasteiger partial charge in [-0.1, -0.05) is 11.3 Å². The maximum absolute atomic E-state index is 12.7. The number of nitrogens with zero attached hydrogens (tertiary/aromatic N) is 2. The van der Waals surface area contributed by atoms with Gasteiger partial charge in [-0.05, 0) is 49.7 Å². The lowest BCUT2D eigenvalue weighted by Crippen LogP contribution is -2.12. The highest BCUT2D eigenvalue weighted by Gasteiger charge is 2.15. The summed E-state index contributed by atoms with van der Waals surface area (Å²) in [5, 5.41) is 3.24. The van der Waals surface area contributed by atoms with Crippen LogP contribution < -0.4 is 20.5 Å². The number of anilines is 1. The lowest BCUT2D eigenvalue weighted by atomic mass is 10.2. The van der Waals surface area contributed by atoms with Gasteiger partial charge in [0.25, 0.3) is 5.91 Å². The number of pyridine rings is 1. The van der Waals surface area contributed by atoms with Gasteiger partial charge in [0.2, 0.25) is 5.91 Å². The van der Waals surface area contributed by atoms with Crippen LogP contribution >= 0.6 is 23.1 Å². The fourth-order valence-electron chi connectivity index (χ4n) is 2.55. The number of rotatable bonds is 10. The highest BCUT2D eigenvalue weighted by Crippen LogP contribution is 2.33. The number of primary amides is 1. The summed E-state index contributed by atoms with van der Waals surface area (Å²) in [5.74, 6) is 0.470. The third-order valence-corrected chi connectivity index (χ3v) is 6.43. The van der Waals surface area contributed by atoms with Gasteiger partial charge in [-0.2, -0.15) is 0 Å². The number of hydrogen-bond donors (Lipinski definition) is 2. The number of thioether (sulfide) groups is 1. The molecule has 31 heavy (non-hydrogen) atoms. The van der Waals surface area contributed by atoms with Crippen molar-refractivity contribution in [3.05, 3.63) is 59.5 Å². The number of nitrogens with one attached hydrogen (secondary N) is 1. The number of ether oxygens (including phenoxy) is 2. The zero-order valence-corrected chi connectivity index (χ0v) is 18.7. The minimum Gasteiger partial charge on any atom is -0.490 e. The summed E-state index contributed by atoms with van der Waals surface area (Å²) in [6, 6.07) is 8.76. The van der Waals surface area contributed by atoms with Gasteiger partial charge in [-0.3, -0.25) is 19.9 Å². The van der Waals surface area contributed by atoms with E-state index in [1.165, 1.54) is 23.1 Å². The largest absolute Gasteiger partial charge is 0.490 e. The smallest absolute Gasteiger partial charge is 0.257 e. The van der Waals surface area contributed by atoms with E-state index in [0.29, 0.717) is 35.4 Å². The zero-order chi connectivity index (χ0) is 22.2. The van der Waals surface area contributed by atoms with E-state index >= 15 is 0 Å². The van der Waals surface area contributed by atoms with E-state index in [4.69, 9.17) is 15.2 Å². The molecule has 0 atom stereocenters. The molecule has 2 aromatic heterocycles. The summed E-state index contributed by atoms with van der Waals surface area (Å²) >= 11 is 2.60. The number of thiazole rings is 1. The van der Waals surface area contributed by atoms with Crippen molar-refractivity contribution in [2.45, 2.75) is 24.7 Å². The predicted molar refractivity (Wildman–Crippen MR) is 121 cm³/mol. The maximum Gasteiger partial charge on any atom is 0.257 e. The average molecular weight is 459 g/mol. The second-order valence-electron chi connectivity index (χ2n) is 6.34. The number of benzene rings is 1. The molecule has 0 radical (unpaired) electrons. The zero-order valence-electron chi connectivity index (χ0n) is 17.1. The minimum absolute atomic E-state index is 0.162. The number of nitrogens with two attached hydrogens (primary N) is 1. The maximum atomic E-state index is 12.7. The number of carbonyl (C=O) groups excluding carboxylic acids is 2. The molecule has 10 heteroatoms. The third-order valence-electron chi connectivity index (χ3n) is 3.97. The van der Waals surface area contributed by atoms with Crippen molar-refractivity contribution in [1.82, 2.24) is 9.97 Å². The Morgan fingerprint density at radius 1 is 1.16 bits per heavy atom. The molecule has 0 aliphatic heterocycles. The lowest BCUT2D eigenvalue weighted by molar-refractivity contribution is -0.115. The Morgan fingerprint density at radius 2 is 1.94 bits per heavy atom. The summed E-state index contributed by atoms with van der Waals surface area (Å²) in [7, 11) is 0. The first-order valence-electron chi connectivity index (χ1n) is 9.44. The molecule has 1 aromatic carbocycles. The Morgan fingerprint density at radius 3 is 2.65 bits per heavy atom. The van der Waals surface area contributed by atoms with Gasteiger partial charge in [0.05, 0.1) is 22.3 Å². The minimum atomic E-state index is -0.405. The molecule has 0 aliphatic rings. The fourth-order valence-corrected chi connectivity index (χ4v) is 4.43. The van der Waals surface area contributed by atoms with Crippen molar-refractivity contribution in [2.75, 3.05) is 17.7 Å². The van der Waals surface area contributed by atoms with Gasteiger partial charge in [0.15, 0.2) is 16.6 Å². The van der Waals surface area contributed by atoms with Crippen molar-refractivity contribution in [1.29, 1.82) is 0 Å². The SMILES string of the molecule is CCOc1cc(C(=O)Nc2nc(C)c(SCC(N)=O)s2)ccc1OCc1ccncc1. The molecule has 0 aliphatic carbocycles. The molecule has 2 heterocycles. The molecule has 162 valence electrons. The van der Waals surface area contributed by atoms with Crippen LogP contribution in [0.3, 0.4) is 0 Å². The molecule has 3 rings (SSSR count). The Kier molecular flexibility index (Phi) is 7.85. The Hall–Kier alpha value is -3.11. The van der Waals surface area contributed by atoms with Crippen LogP contribution in [0, 0.1) is 6.92 Å². The molecule has 0 spiro atoms. The molecule has 8 nitrogen and oxygen atoms in total. The quantitative estimate of drug-likeness (QED) is 0.445. The highest BCUT2D eigenvalue weighted by atomic mass is 32.2. The van der Waals surface area contributed by atoms with Gasteiger partial charge in [0.1, 0.15) is 6.61 Å². The van der Waals surface area contributed by atoms with Crippen LogP contribution in [0.2, 0.25) is 0 Å². The molecule has 0 saturated heterocycles. The summed E-state index contributed by atoms with van der Waals surface area (Å²) in [5.41, 5.74) is 7.32. The van der Waals surface area contributed by atoms with Crippen LogP contribution in [-0.4, -0.2) is 34.1 Å². The monoisotopic (exact) mass is 458 g/mol. The van der Waals surface area contributed by atoms with E-state index in [9.17, 15) is 9.59 Å². The first kappa shape index (κ1) is 22.6. The predicted octanol–water partition coefficient (Wildman–Crippen LogP) is 3.65. The fraction of sp³-hybridized carbons (Fsp3) is 0.238. The first-order chi connectivity index (χ1) is 15.0. The number of hydrogen-bond acceptors (Lipinski definition) is 8. The van der Waals surface area contributed by atoms with Crippen molar-refractivity contribution in [3.63, 3.8) is 0 Å². The number of amides is 2. The molecule has 0 saturated carbocycles. The summed E-state index contributed by atoms with van der Waals surface area (Å²) in [6.07, 6.45) is 3.40. The van der Waals surface area contributed by atoms with Gasteiger partial charge >= 0.3 is 0 Å². The Labute approximate surface area is 188 Å². The van der Waals surface area contributed by atoms with Crippen LogP contribution in [-0.2, 0) is 11.4 Å². The van der Waals surface area contributed by atoms with E-state index in [1.807, 2.05) is 26.0 Å². The van der Waals surface area contributed by atoms with Gasteiger partial charge in [-0.25, -0.2) is 4.98 Å². The van der Waals surface area contributed by atoms with E-state index in [0.717, 1.165) is 15.5 Å². The van der Waals surface area contributed by atoms with Crippen molar-refractivity contribution >= 4 is 40.0 Å². The van der Waals surface area contributed by atoms with E-state index in [-0.39, 0.29) is 11.7 Å². The second-order valence-corrected chi connectivity index (χ2v) is 8.58. The molecule has 0 unspecified atom stereocenters. The van der Waals surface area contributed by atoms with Gasteiger partial charge < -0.3 is 15.2 Å². The number of carbonyl (C=O) groups is 2. The standard InChI is InChI=1S/C21H22N4O4S2/c1-3-28-17-10-15(4-5-16(17)29-11-14-6-8-23-9-7-14)19(27)25-21-24-13(2)20(31-21)30-12-18(22)26/h4-10H,3,11-12H2,1-2H3,(H2,22,26)(H,24,25,27). The number of aromatic nitrogens is 2. The average Bonchev–Trinajstić information content (AvgIpc) is 3.11. The van der Waals surface area contributed by atoms with Gasteiger partial charge in [-0.15, -0.1) is 11.8 Å². The lowest BCUT2D eigenvalue weighted by Gasteiger charge is -2.13. The molecule has 2 amide bonds. The van der Waals surface area contributed by atoms with Crippen molar-refractivity contribution in [3.8, 4) is 11.5 Å². The third kappa shape index (κ3) is 6.43. The molecular formula is C21H22N4O4S2. The molecule has 3 N–H and O–H groups in total. The number of aryl methyl sites for hydroxylation is 1. The molecule has 3 aromatic rings. The molecule has 0 bridgehead atoms. The van der Waals surface area contributed by atoms with E-state index < -0.39 is 5.91 Å². The van der Waals surface area contributed by atoms with Crippen molar-refractivity contribution < 1.29 is 19.1 Å². The van der Waals surface area contributed by atoms with Crippen LogP contribution in [0.25, 0.3) is 0 Å². The van der Waals surface area contributed by atoms with Crippen LogP contribution in [0.4, 0.5) is 5.13 Å². The summed E-state index contributed by atoms with van der Waals surface area (Å²) in [4.78, 5) is 32.0. The van der Waals surface area contributed by atoms with E-state index in [1.54, 1.807) is 30.6 Å². The Balaban J connectivity index is 1.70. The normalized spacial score (nSPS) is 10.5. The van der Waals surface area contributed by atoms with Crippen LogP contribution in [0.15, 0.2) is 46.9 Å². The van der Waals surface area contributed by atoms with Crippen molar-refractivity contribution in [2.24, 2.45) is 5.73 Å². The summed E-state index contributed by atoms with van der Waals surface area (Å²) in [6.45, 7) is 4.47. The van der Waals surface area contributed by atoms with Crippen LogP contribution in [0.5, 0.6) is 11.5 Å². The van der Waals surface area contributed by atoms with E-state index in [2.05, 4.69) is 15.3 Å². The highest BCUT2D eigenvalue weighted by molar-refractivity contribution is 8.01. The molecular weight excluding hydrogens is 436 g/mol. The molecule has 0 fully saturated rings. The van der Waals surface area contributed by atoms with Crippen LogP contribution in [0.1, 0.15) is 28.5 Å². The first-order valence-corrected chi connectivity index (χ1v) is 11.2. The topological polar surface area (TPSA) is 116 Å². The summed E-state index contributed by atoms with van der Waals surface area (Å²) < 4.78 is 12.4. The second kappa shape index (κ2) is 10.8. The van der Waals surface area contributed by atoms with Gasteiger partial charge in [0, 0.05) is 18.0 Å².